The summed E-state index contributed by atoms with van der Waals surface area (Å²) in [5.74, 6) is -0.00565. The van der Waals surface area contributed by atoms with Gasteiger partial charge in [0.1, 0.15) is 17.0 Å². The minimum Gasteiger partial charge on any atom is -0.465 e. The number of ether oxygens (including phenoxy) is 2. The molecule has 1 aromatic heterocycles. The molecule has 0 aliphatic rings. The van der Waals surface area contributed by atoms with Crippen molar-refractivity contribution in [3.05, 3.63) is 17.1 Å². The van der Waals surface area contributed by atoms with Crippen molar-refractivity contribution >= 4 is 11.8 Å². The standard InChI is InChI=1S/C11H17N3O3/c1-6-7(9(15)16-4)8(12)14-10(13-6)11(2,3)17-5/h1-5H3,(H2,12,13,14). The molecule has 94 valence electrons. The van der Waals surface area contributed by atoms with Gasteiger partial charge in [-0.1, -0.05) is 0 Å². The maximum Gasteiger partial charge on any atom is 0.343 e. The maximum absolute atomic E-state index is 11.5. The molecular weight excluding hydrogens is 222 g/mol. The second kappa shape index (κ2) is 4.67. The first-order valence-corrected chi connectivity index (χ1v) is 5.11. The van der Waals surface area contributed by atoms with E-state index >= 15 is 0 Å². The topological polar surface area (TPSA) is 87.3 Å². The fourth-order valence-corrected chi connectivity index (χ4v) is 1.31. The number of nitrogens with two attached hydrogens (primary N) is 1. The average Bonchev–Trinajstić information content (AvgIpc) is 2.27. The van der Waals surface area contributed by atoms with Crippen molar-refractivity contribution in [2.45, 2.75) is 26.4 Å². The van der Waals surface area contributed by atoms with Gasteiger partial charge in [-0.3, -0.25) is 0 Å². The van der Waals surface area contributed by atoms with E-state index in [0.717, 1.165) is 0 Å². The molecule has 0 aromatic carbocycles. The van der Waals surface area contributed by atoms with Crippen LogP contribution < -0.4 is 5.73 Å². The van der Waals surface area contributed by atoms with E-state index in [2.05, 4.69) is 14.7 Å². The summed E-state index contributed by atoms with van der Waals surface area (Å²) in [6.07, 6.45) is 0. The summed E-state index contributed by atoms with van der Waals surface area (Å²) < 4.78 is 9.88. The Kier molecular flexibility index (Phi) is 3.67. The molecule has 0 saturated heterocycles. The quantitative estimate of drug-likeness (QED) is 0.793. The highest BCUT2D eigenvalue weighted by Gasteiger charge is 2.26. The number of nitrogens with zero attached hydrogens (tertiary/aromatic N) is 2. The Balaban J connectivity index is 3.33. The average molecular weight is 239 g/mol. The Morgan fingerprint density at radius 3 is 2.29 bits per heavy atom. The van der Waals surface area contributed by atoms with Crippen LogP contribution in [0.25, 0.3) is 0 Å². The number of anilines is 1. The number of carbonyl (C=O) groups excluding carboxylic acids is 1. The van der Waals surface area contributed by atoms with E-state index in [0.29, 0.717) is 11.5 Å². The molecule has 2 N–H and O–H groups in total. The third-order valence-electron chi connectivity index (χ3n) is 2.56. The molecule has 0 bridgehead atoms. The lowest BCUT2D eigenvalue weighted by Crippen LogP contribution is -2.25. The van der Waals surface area contributed by atoms with Crippen molar-refractivity contribution in [2.24, 2.45) is 0 Å². The Morgan fingerprint density at radius 2 is 1.88 bits per heavy atom. The first-order chi connectivity index (χ1) is 7.83. The summed E-state index contributed by atoms with van der Waals surface area (Å²) in [6.45, 7) is 5.32. The highest BCUT2D eigenvalue weighted by atomic mass is 16.5. The second-order valence-corrected chi connectivity index (χ2v) is 4.10. The molecule has 6 heteroatoms. The molecule has 1 rings (SSSR count). The van der Waals surface area contributed by atoms with Gasteiger partial charge >= 0.3 is 5.97 Å². The van der Waals surface area contributed by atoms with Crippen LogP contribution >= 0.6 is 0 Å². The lowest BCUT2D eigenvalue weighted by atomic mass is 10.1. The Hall–Kier alpha value is -1.69. The van der Waals surface area contributed by atoms with Crippen LogP contribution in [0.1, 0.15) is 35.7 Å². The number of hydrogen-bond acceptors (Lipinski definition) is 6. The van der Waals surface area contributed by atoms with Gasteiger partial charge in [0, 0.05) is 7.11 Å². The highest BCUT2D eigenvalue weighted by Crippen LogP contribution is 2.23. The van der Waals surface area contributed by atoms with E-state index in [-0.39, 0.29) is 11.4 Å². The van der Waals surface area contributed by atoms with Crippen molar-refractivity contribution in [3.63, 3.8) is 0 Å². The SMILES string of the molecule is COC(=O)c1c(C)nc(C(C)(C)OC)nc1N. The number of aromatic nitrogens is 2. The van der Waals surface area contributed by atoms with Crippen LogP contribution in [0.2, 0.25) is 0 Å². The third-order valence-corrected chi connectivity index (χ3v) is 2.56. The molecule has 6 nitrogen and oxygen atoms in total. The smallest absolute Gasteiger partial charge is 0.343 e. The fourth-order valence-electron chi connectivity index (χ4n) is 1.31. The van der Waals surface area contributed by atoms with E-state index in [1.165, 1.54) is 7.11 Å². The number of rotatable bonds is 3. The zero-order valence-electron chi connectivity index (χ0n) is 10.7. The minimum atomic E-state index is -0.659. The van der Waals surface area contributed by atoms with Crippen molar-refractivity contribution in [2.75, 3.05) is 20.0 Å². The maximum atomic E-state index is 11.5. The molecule has 0 spiro atoms. The van der Waals surface area contributed by atoms with Crippen molar-refractivity contribution in [1.29, 1.82) is 0 Å². The van der Waals surface area contributed by atoms with Crippen molar-refractivity contribution < 1.29 is 14.3 Å². The van der Waals surface area contributed by atoms with Gasteiger partial charge in [0.15, 0.2) is 5.82 Å². The van der Waals surface area contributed by atoms with Gasteiger partial charge in [-0.25, -0.2) is 14.8 Å². The summed E-state index contributed by atoms with van der Waals surface area (Å²) in [5, 5.41) is 0. The molecule has 0 radical (unpaired) electrons. The minimum absolute atomic E-state index is 0.101. The van der Waals surface area contributed by atoms with Crippen LogP contribution in [0.4, 0.5) is 5.82 Å². The molecule has 0 saturated carbocycles. The van der Waals surface area contributed by atoms with E-state index < -0.39 is 11.6 Å². The molecule has 0 amide bonds. The molecule has 1 heterocycles. The van der Waals surface area contributed by atoms with Crippen LogP contribution in [0.15, 0.2) is 0 Å². The first-order valence-electron chi connectivity index (χ1n) is 5.11. The molecular formula is C11H17N3O3. The van der Waals surface area contributed by atoms with E-state index in [1.807, 2.05) is 13.8 Å². The zero-order chi connectivity index (χ0) is 13.2. The summed E-state index contributed by atoms with van der Waals surface area (Å²) in [5.41, 5.74) is 5.76. The summed E-state index contributed by atoms with van der Waals surface area (Å²) in [4.78, 5) is 19.8. The summed E-state index contributed by atoms with van der Waals surface area (Å²) in [7, 11) is 2.84. The van der Waals surface area contributed by atoms with Crippen LogP contribution in [0.5, 0.6) is 0 Å². The second-order valence-electron chi connectivity index (χ2n) is 4.10. The normalized spacial score (nSPS) is 11.4. The van der Waals surface area contributed by atoms with Crippen LogP contribution in [0.3, 0.4) is 0 Å². The summed E-state index contributed by atoms with van der Waals surface area (Å²) in [6, 6.07) is 0. The number of nitrogen functional groups attached to an aromatic ring is 1. The van der Waals surface area contributed by atoms with Gasteiger partial charge in [0.2, 0.25) is 0 Å². The number of aryl methyl sites for hydroxylation is 1. The van der Waals surface area contributed by atoms with Crippen molar-refractivity contribution in [1.82, 2.24) is 9.97 Å². The lowest BCUT2D eigenvalue weighted by Gasteiger charge is -2.22. The van der Waals surface area contributed by atoms with Crippen LogP contribution in [-0.4, -0.2) is 30.2 Å². The number of hydrogen-bond donors (Lipinski definition) is 1. The number of esters is 1. The Labute approximate surface area is 100 Å². The predicted octanol–water partition coefficient (Wildman–Crippen LogP) is 1.04. The van der Waals surface area contributed by atoms with Gasteiger partial charge < -0.3 is 15.2 Å². The Morgan fingerprint density at radius 1 is 1.29 bits per heavy atom. The monoisotopic (exact) mass is 239 g/mol. The first kappa shape index (κ1) is 13.4. The van der Waals surface area contributed by atoms with Gasteiger partial charge in [0.05, 0.1) is 12.8 Å². The van der Waals surface area contributed by atoms with Gasteiger partial charge in [-0.2, -0.15) is 0 Å². The zero-order valence-corrected chi connectivity index (χ0v) is 10.7. The molecule has 0 aliphatic heterocycles. The molecule has 0 atom stereocenters. The highest BCUT2D eigenvalue weighted by molar-refractivity contribution is 5.95. The Bertz CT molecular complexity index is 421. The molecule has 0 unspecified atom stereocenters. The predicted molar refractivity (Wildman–Crippen MR) is 62.6 cm³/mol. The largest absolute Gasteiger partial charge is 0.465 e. The fraction of sp³-hybridized carbons (Fsp3) is 0.545. The molecule has 1 aromatic rings. The van der Waals surface area contributed by atoms with E-state index in [9.17, 15) is 4.79 Å². The molecule has 17 heavy (non-hydrogen) atoms. The van der Waals surface area contributed by atoms with E-state index in [4.69, 9.17) is 10.5 Å². The summed E-state index contributed by atoms with van der Waals surface area (Å²) >= 11 is 0. The number of methoxy groups -OCH3 is 2. The van der Waals surface area contributed by atoms with Crippen LogP contribution in [-0.2, 0) is 15.1 Å². The van der Waals surface area contributed by atoms with Gasteiger partial charge in [-0.15, -0.1) is 0 Å². The van der Waals surface area contributed by atoms with Crippen molar-refractivity contribution in [3.8, 4) is 0 Å². The number of carbonyl (C=O) groups is 1. The third kappa shape index (κ3) is 2.52. The van der Waals surface area contributed by atoms with Gasteiger partial charge in [0.25, 0.3) is 0 Å². The molecule has 0 aliphatic carbocycles. The molecule has 0 fully saturated rings. The lowest BCUT2D eigenvalue weighted by molar-refractivity contribution is 0.0113. The van der Waals surface area contributed by atoms with E-state index in [1.54, 1.807) is 14.0 Å². The van der Waals surface area contributed by atoms with Crippen LogP contribution in [0, 0.1) is 6.92 Å². The van der Waals surface area contributed by atoms with Gasteiger partial charge in [-0.05, 0) is 20.8 Å².